The Balaban J connectivity index is 1.82. The standard InChI is InChI=1S/C16H26N4O4S/c1-23-14-7-6-13(10-15(14)24-2)20-16(17)18-8-9-25(21,22)19-11-12-4-3-5-12/h6-7,10,12,19H,3-5,8-9,11H2,1-2H3,(H3,17,18,20). The largest absolute Gasteiger partial charge is 0.493 e. The van der Waals surface area contributed by atoms with Crippen LogP contribution in [0.2, 0.25) is 0 Å². The van der Waals surface area contributed by atoms with Crippen LogP contribution in [-0.2, 0) is 10.0 Å². The third-order valence-corrected chi connectivity index (χ3v) is 5.44. The van der Waals surface area contributed by atoms with Gasteiger partial charge in [0.25, 0.3) is 0 Å². The Morgan fingerprint density at radius 2 is 2.00 bits per heavy atom. The van der Waals surface area contributed by atoms with Crippen molar-refractivity contribution in [2.45, 2.75) is 19.3 Å². The molecular weight excluding hydrogens is 344 g/mol. The Bertz CT molecular complexity index is 702. The summed E-state index contributed by atoms with van der Waals surface area (Å²) in [5.41, 5.74) is 6.47. The minimum Gasteiger partial charge on any atom is -0.493 e. The van der Waals surface area contributed by atoms with Crippen molar-refractivity contribution in [3.63, 3.8) is 0 Å². The van der Waals surface area contributed by atoms with Gasteiger partial charge in [-0.15, -0.1) is 0 Å². The third-order valence-electron chi connectivity index (χ3n) is 4.11. The number of hydrogen-bond donors (Lipinski definition) is 3. The number of nitrogens with one attached hydrogen (secondary N) is 2. The Morgan fingerprint density at radius 1 is 1.28 bits per heavy atom. The Labute approximate surface area is 148 Å². The van der Waals surface area contributed by atoms with E-state index in [1.807, 2.05) is 0 Å². The first-order valence-electron chi connectivity index (χ1n) is 8.20. The van der Waals surface area contributed by atoms with E-state index in [0.29, 0.717) is 29.6 Å². The lowest BCUT2D eigenvalue weighted by Crippen LogP contribution is -2.34. The molecule has 0 amide bonds. The van der Waals surface area contributed by atoms with E-state index in [-0.39, 0.29) is 18.3 Å². The predicted molar refractivity (Wildman–Crippen MR) is 98.8 cm³/mol. The molecule has 1 aromatic carbocycles. The summed E-state index contributed by atoms with van der Waals surface area (Å²) in [5, 5.41) is 2.90. The number of aliphatic imine (C=N–C) groups is 1. The Morgan fingerprint density at radius 3 is 2.60 bits per heavy atom. The fourth-order valence-corrected chi connectivity index (χ4v) is 3.37. The number of rotatable bonds is 9. The molecule has 140 valence electrons. The molecule has 1 aromatic rings. The van der Waals surface area contributed by atoms with Gasteiger partial charge in [0.2, 0.25) is 10.0 Å². The quantitative estimate of drug-likeness (QED) is 0.444. The molecule has 1 aliphatic carbocycles. The molecule has 9 heteroatoms. The van der Waals surface area contributed by atoms with E-state index in [9.17, 15) is 8.42 Å². The monoisotopic (exact) mass is 370 g/mol. The van der Waals surface area contributed by atoms with Crippen LogP contribution in [0.15, 0.2) is 23.2 Å². The van der Waals surface area contributed by atoms with Gasteiger partial charge in [-0.2, -0.15) is 0 Å². The smallest absolute Gasteiger partial charge is 0.213 e. The molecule has 0 radical (unpaired) electrons. The maximum Gasteiger partial charge on any atom is 0.213 e. The summed E-state index contributed by atoms with van der Waals surface area (Å²) in [4.78, 5) is 4.06. The van der Waals surface area contributed by atoms with Crippen molar-refractivity contribution in [3.05, 3.63) is 18.2 Å². The zero-order valence-electron chi connectivity index (χ0n) is 14.6. The van der Waals surface area contributed by atoms with Gasteiger partial charge in [-0.3, -0.25) is 4.99 Å². The molecule has 4 N–H and O–H groups in total. The minimum atomic E-state index is -3.32. The molecular formula is C16H26N4O4S. The van der Waals surface area contributed by atoms with Gasteiger partial charge in [0.1, 0.15) is 0 Å². The highest BCUT2D eigenvalue weighted by Gasteiger charge is 2.19. The molecule has 1 fully saturated rings. The first-order valence-corrected chi connectivity index (χ1v) is 9.85. The lowest BCUT2D eigenvalue weighted by atomic mass is 9.86. The number of benzene rings is 1. The highest BCUT2D eigenvalue weighted by Crippen LogP contribution is 2.29. The van der Waals surface area contributed by atoms with E-state index in [1.54, 1.807) is 32.4 Å². The van der Waals surface area contributed by atoms with Gasteiger partial charge in [0.05, 0.1) is 26.5 Å². The van der Waals surface area contributed by atoms with Crippen LogP contribution in [0.1, 0.15) is 19.3 Å². The van der Waals surface area contributed by atoms with Crippen LogP contribution >= 0.6 is 0 Å². The van der Waals surface area contributed by atoms with Crippen molar-refractivity contribution in [2.24, 2.45) is 16.6 Å². The van der Waals surface area contributed by atoms with Crippen LogP contribution in [0.25, 0.3) is 0 Å². The van der Waals surface area contributed by atoms with Crippen molar-refractivity contribution in [2.75, 3.05) is 38.4 Å². The van der Waals surface area contributed by atoms with Gasteiger partial charge in [-0.1, -0.05) is 6.42 Å². The summed E-state index contributed by atoms with van der Waals surface area (Å²) < 4.78 is 36.8. The summed E-state index contributed by atoms with van der Waals surface area (Å²) in [6, 6.07) is 5.22. The Hall–Kier alpha value is -2.00. The number of nitrogens with zero attached hydrogens (tertiary/aromatic N) is 1. The summed E-state index contributed by atoms with van der Waals surface area (Å²) >= 11 is 0. The van der Waals surface area contributed by atoms with E-state index < -0.39 is 10.0 Å². The Kier molecular flexibility index (Phi) is 6.89. The van der Waals surface area contributed by atoms with E-state index >= 15 is 0 Å². The molecule has 0 saturated heterocycles. The zero-order valence-corrected chi connectivity index (χ0v) is 15.4. The van der Waals surface area contributed by atoms with Crippen LogP contribution in [-0.4, -0.2) is 47.4 Å². The molecule has 8 nitrogen and oxygen atoms in total. The van der Waals surface area contributed by atoms with E-state index in [1.165, 1.54) is 6.42 Å². The second kappa shape index (κ2) is 8.91. The third kappa shape index (κ3) is 6.09. The van der Waals surface area contributed by atoms with Crippen molar-refractivity contribution >= 4 is 21.7 Å². The molecule has 0 aliphatic heterocycles. The van der Waals surface area contributed by atoms with Gasteiger partial charge in [0, 0.05) is 18.3 Å². The summed E-state index contributed by atoms with van der Waals surface area (Å²) in [6.45, 7) is 0.609. The van der Waals surface area contributed by atoms with E-state index in [2.05, 4.69) is 15.0 Å². The molecule has 0 unspecified atom stereocenters. The van der Waals surface area contributed by atoms with Gasteiger partial charge in [0.15, 0.2) is 17.5 Å². The number of anilines is 1. The molecule has 1 saturated carbocycles. The van der Waals surface area contributed by atoms with E-state index in [4.69, 9.17) is 15.2 Å². The number of guanidine groups is 1. The highest BCUT2D eigenvalue weighted by molar-refractivity contribution is 7.89. The molecule has 2 rings (SSSR count). The SMILES string of the molecule is COc1ccc(NC(N)=NCCS(=O)(=O)NCC2CCC2)cc1OC. The predicted octanol–water partition coefficient (Wildman–Crippen LogP) is 1.15. The molecule has 0 aromatic heterocycles. The van der Waals surface area contributed by atoms with Crippen molar-refractivity contribution < 1.29 is 17.9 Å². The lowest BCUT2D eigenvalue weighted by Gasteiger charge is -2.25. The zero-order chi connectivity index (χ0) is 18.3. The van der Waals surface area contributed by atoms with Crippen LogP contribution in [0.3, 0.4) is 0 Å². The van der Waals surface area contributed by atoms with Gasteiger partial charge in [-0.05, 0) is 30.9 Å². The number of sulfonamides is 1. The number of methoxy groups -OCH3 is 2. The first kappa shape index (κ1) is 19.3. The summed E-state index contributed by atoms with van der Waals surface area (Å²) in [7, 11) is -0.220. The topological polar surface area (TPSA) is 115 Å². The maximum absolute atomic E-state index is 11.9. The molecule has 0 spiro atoms. The fourth-order valence-electron chi connectivity index (χ4n) is 2.40. The molecule has 25 heavy (non-hydrogen) atoms. The minimum absolute atomic E-state index is 0.0893. The van der Waals surface area contributed by atoms with Crippen LogP contribution < -0.4 is 25.2 Å². The first-order chi connectivity index (χ1) is 11.9. The van der Waals surface area contributed by atoms with E-state index in [0.717, 1.165) is 12.8 Å². The average Bonchev–Trinajstić information content (AvgIpc) is 2.52. The van der Waals surface area contributed by atoms with Gasteiger partial charge >= 0.3 is 0 Å². The van der Waals surface area contributed by atoms with Gasteiger partial charge in [-0.25, -0.2) is 13.1 Å². The van der Waals surface area contributed by atoms with Crippen molar-refractivity contribution in [1.29, 1.82) is 0 Å². The molecule has 0 atom stereocenters. The highest BCUT2D eigenvalue weighted by atomic mass is 32.2. The summed E-state index contributed by atoms with van der Waals surface area (Å²) in [5.74, 6) is 1.69. The molecule has 0 heterocycles. The van der Waals surface area contributed by atoms with Crippen LogP contribution in [0.5, 0.6) is 11.5 Å². The number of hydrogen-bond acceptors (Lipinski definition) is 5. The molecule has 1 aliphatic rings. The lowest BCUT2D eigenvalue weighted by molar-refractivity contribution is 0.316. The maximum atomic E-state index is 11.9. The molecule has 0 bridgehead atoms. The van der Waals surface area contributed by atoms with Crippen LogP contribution in [0.4, 0.5) is 5.69 Å². The number of nitrogens with two attached hydrogens (primary N) is 1. The number of ether oxygens (including phenoxy) is 2. The van der Waals surface area contributed by atoms with Crippen LogP contribution in [0, 0.1) is 5.92 Å². The normalized spacial score (nSPS) is 15.5. The van der Waals surface area contributed by atoms with Gasteiger partial charge < -0.3 is 20.5 Å². The fraction of sp³-hybridized carbons (Fsp3) is 0.562. The average molecular weight is 370 g/mol. The van der Waals surface area contributed by atoms with Crippen molar-refractivity contribution in [1.82, 2.24) is 4.72 Å². The second-order valence-electron chi connectivity index (χ2n) is 5.93. The second-order valence-corrected chi connectivity index (χ2v) is 7.85. The summed E-state index contributed by atoms with van der Waals surface area (Å²) in [6.07, 6.45) is 3.39. The van der Waals surface area contributed by atoms with Crippen molar-refractivity contribution in [3.8, 4) is 11.5 Å².